The third-order valence-corrected chi connectivity index (χ3v) is 8.21. The Labute approximate surface area is 186 Å². The van der Waals surface area contributed by atoms with Crippen LogP contribution in [0.5, 0.6) is 0 Å². The van der Waals surface area contributed by atoms with Crippen molar-refractivity contribution >= 4 is 49.7 Å². The van der Waals surface area contributed by atoms with Crippen molar-refractivity contribution in [2.75, 3.05) is 31.1 Å². The standard InChI is InChI=1S/C22H25N5O2S2/c23-31(28,29)27-14-12-26(13-15-27)21-20-17-8-4-5-9-18(17)30-22(20)25-19(24-21)11-10-16-6-2-1-3-7-16/h1-3,6-7,10-11H,4-5,8-9,12-15H2,(H2,23,28,29)/b11-10+. The molecule has 2 N–H and O–H groups in total. The number of anilines is 1. The van der Waals surface area contributed by atoms with Crippen molar-refractivity contribution in [2.45, 2.75) is 25.7 Å². The summed E-state index contributed by atoms with van der Waals surface area (Å²) < 4.78 is 24.8. The summed E-state index contributed by atoms with van der Waals surface area (Å²) >= 11 is 1.78. The zero-order chi connectivity index (χ0) is 21.4. The van der Waals surface area contributed by atoms with E-state index in [0.29, 0.717) is 32.0 Å². The molecule has 0 atom stereocenters. The molecule has 1 aliphatic heterocycles. The Hall–Kier alpha value is -2.33. The summed E-state index contributed by atoms with van der Waals surface area (Å²) in [5, 5.41) is 6.48. The maximum atomic E-state index is 11.7. The van der Waals surface area contributed by atoms with Crippen LogP contribution in [0.25, 0.3) is 22.4 Å². The molecule has 0 amide bonds. The largest absolute Gasteiger partial charge is 0.353 e. The van der Waals surface area contributed by atoms with Gasteiger partial charge in [-0.25, -0.2) is 15.1 Å². The van der Waals surface area contributed by atoms with Gasteiger partial charge >= 0.3 is 0 Å². The van der Waals surface area contributed by atoms with E-state index in [0.717, 1.165) is 34.4 Å². The van der Waals surface area contributed by atoms with E-state index in [9.17, 15) is 8.42 Å². The Morgan fingerprint density at radius 2 is 1.71 bits per heavy atom. The van der Waals surface area contributed by atoms with E-state index in [4.69, 9.17) is 15.1 Å². The molecular formula is C22H25N5O2S2. The van der Waals surface area contributed by atoms with Gasteiger partial charge in [0.15, 0.2) is 5.82 Å². The van der Waals surface area contributed by atoms with Crippen molar-refractivity contribution in [2.24, 2.45) is 5.14 Å². The molecule has 1 aliphatic carbocycles. The number of piperazine rings is 1. The Bertz CT molecular complexity index is 1230. The molecule has 2 aromatic heterocycles. The second-order valence-electron chi connectivity index (χ2n) is 7.97. The molecule has 3 aromatic rings. The van der Waals surface area contributed by atoms with Gasteiger partial charge in [0.2, 0.25) is 0 Å². The van der Waals surface area contributed by atoms with Crippen LogP contribution >= 0.6 is 11.3 Å². The summed E-state index contributed by atoms with van der Waals surface area (Å²) in [5.41, 5.74) is 2.48. The minimum Gasteiger partial charge on any atom is -0.353 e. The number of nitrogens with zero attached hydrogens (tertiary/aromatic N) is 4. The maximum absolute atomic E-state index is 11.7. The predicted molar refractivity (Wildman–Crippen MR) is 126 cm³/mol. The van der Waals surface area contributed by atoms with Gasteiger partial charge in [0.1, 0.15) is 10.6 Å². The van der Waals surface area contributed by atoms with Crippen molar-refractivity contribution in [1.82, 2.24) is 14.3 Å². The van der Waals surface area contributed by atoms with E-state index in [2.05, 4.69) is 4.90 Å². The lowest BCUT2D eigenvalue weighted by Gasteiger charge is -2.34. The monoisotopic (exact) mass is 455 g/mol. The zero-order valence-corrected chi connectivity index (χ0v) is 18.8. The molecule has 1 aromatic carbocycles. The first-order chi connectivity index (χ1) is 15.0. The highest BCUT2D eigenvalue weighted by Gasteiger charge is 2.28. The quantitative estimate of drug-likeness (QED) is 0.653. The topological polar surface area (TPSA) is 92.4 Å². The van der Waals surface area contributed by atoms with Crippen LogP contribution in [-0.4, -0.2) is 48.9 Å². The van der Waals surface area contributed by atoms with Crippen LogP contribution in [0.4, 0.5) is 5.82 Å². The first-order valence-corrected chi connectivity index (χ1v) is 12.9. The fraction of sp³-hybridized carbons (Fsp3) is 0.364. The summed E-state index contributed by atoms with van der Waals surface area (Å²) in [6.07, 6.45) is 8.55. The molecule has 9 heteroatoms. The minimum absolute atomic E-state index is 0.367. The number of hydrogen-bond donors (Lipinski definition) is 1. The average Bonchev–Trinajstić information content (AvgIpc) is 3.16. The molecular weight excluding hydrogens is 430 g/mol. The number of hydrogen-bond acceptors (Lipinski definition) is 6. The summed E-state index contributed by atoms with van der Waals surface area (Å²) in [6.45, 7) is 1.86. The summed E-state index contributed by atoms with van der Waals surface area (Å²) in [7, 11) is -3.66. The van der Waals surface area contributed by atoms with Gasteiger partial charge in [0.25, 0.3) is 10.2 Å². The van der Waals surface area contributed by atoms with E-state index >= 15 is 0 Å². The van der Waals surface area contributed by atoms with Gasteiger partial charge in [-0.05, 0) is 42.9 Å². The summed E-state index contributed by atoms with van der Waals surface area (Å²) in [4.78, 5) is 14.4. The van der Waals surface area contributed by atoms with Crippen molar-refractivity contribution in [1.29, 1.82) is 0 Å². The van der Waals surface area contributed by atoms with Crippen LogP contribution in [0.2, 0.25) is 0 Å². The summed E-state index contributed by atoms with van der Waals surface area (Å²) in [5.74, 6) is 1.60. The fourth-order valence-corrected chi connectivity index (χ4v) is 6.28. The van der Waals surface area contributed by atoms with E-state index in [-0.39, 0.29) is 0 Å². The van der Waals surface area contributed by atoms with Crippen molar-refractivity contribution in [3.8, 4) is 0 Å². The number of fused-ring (bicyclic) bond motifs is 3. The molecule has 0 unspecified atom stereocenters. The van der Waals surface area contributed by atoms with Crippen molar-refractivity contribution in [3.63, 3.8) is 0 Å². The molecule has 2 aliphatic rings. The molecule has 162 valence electrons. The Morgan fingerprint density at radius 1 is 0.968 bits per heavy atom. The first kappa shape index (κ1) is 20.6. The van der Waals surface area contributed by atoms with E-state index < -0.39 is 10.2 Å². The second kappa shape index (κ2) is 8.31. The minimum atomic E-state index is -3.66. The van der Waals surface area contributed by atoms with E-state index in [1.54, 1.807) is 11.3 Å². The lowest BCUT2D eigenvalue weighted by atomic mass is 9.97. The van der Waals surface area contributed by atoms with Crippen LogP contribution < -0.4 is 10.0 Å². The molecule has 5 rings (SSSR count). The molecule has 0 spiro atoms. The summed E-state index contributed by atoms with van der Waals surface area (Å²) in [6, 6.07) is 10.1. The number of aromatic nitrogens is 2. The second-order valence-corrected chi connectivity index (χ2v) is 10.6. The molecule has 31 heavy (non-hydrogen) atoms. The van der Waals surface area contributed by atoms with Crippen LogP contribution in [-0.2, 0) is 23.1 Å². The number of aryl methyl sites for hydroxylation is 2. The molecule has 0 saturated carbocycles. The first-order valence-electron chi connectivity index (χ1n) is 10.6. The van der Waals surface area contributed by atoms with E-state index in [1.165, 1.54) is 27.6 Å². The third-order valence-electron chi connectivity index (χ3n) is 5.94. The molecule has 1 fully saturated rings. The normalized spacial score (nSPS) is 18.0. The highest BCUT2D eigenvalue weighted by molar-refractivity contribution is 7.86. The van der Waals surface area contributed by atoms with Crippen molar-refractivity contribution in [3.05, 3.63) is 52.2 Å². The van der Waals surface area contributed by atoms with Gasteiger partial charge in [-0.15, -0.1) is 11.3 Å². The number of rotatable bonds is 4. The van der Waals surface area contributed by atoms with Gasteiger partial charge < -0.3 is 4.90 Å². The number of thiophene rings is 1. The molecule has 7 nitrogen and oxygen atoms in total. The lowest BCUT2D eigenvalue weighted by Crippen LogP contribution is -2.51. The van der Waals surface area contributed by atoms with Crippen LogP contribution in [0.3, 0.4) is 0 Å². The average molecular weight is 456 g/mol. The lowest BCUT2D eigenvalue weighted by molar-refractivity contribution is 0.384. The zero-order valence-electron chi connectivity index (χ0n) is 17.2. The molecule has 0 radical (unpaired) electrons. The van der Waals surface area contributed by atoms with Gasteiger partial charge in [-0.1, -0.05) is 36.4 Å². The number of benzene rings is 1. The third kappa shape index (κ3) is 4.23. The Balaban J connectivity index is 1.55. The highest BCUT2D eigenvalue weighted by Crippen LogP contribution is 2.40. The maximum Gasteiger partial charge on any atom is 0.277 e. The smallest absolute Gasteiger partial charge is 0.277 e. The highest BCUT2D eigenvalue weighted by atomic mass is 32.2. The van der Waals surface area contributed by atoms with Gasteiger partial charge in [-0.2, -0.15) is 12.7 Å². The van der Waals surface area contributed by atoms with Gasteiger partial charge in [0, 0.05) is 31.1 Å². The van der Waals surface area contributed by atoms with Crippen LogP contribution in [0, 0.1) is 0 Å². The number of nitrogens with two attached hydrogens (primary N) is 1. The van der Waals surface area contributed by atoms with Gasteiger partial charge in [-0.3, -0.25) is 0 Å². The Kier molecular flexibility index (Phi) is 5.51. The van der Waals surface area contributed by atoms with Crippen LogP contribution in [0.15, 0.2) is 30.3 Å². The SMILES string of the molecule is NS(=O)(=O)N1CCN(c2nc(/C=C/c3ccccc3)nc3sc4c(c23)CCCC4)CC1. The molecule has 0 bridgehead atoms. The van der Waals surface area contributed by atoms with Gasteiger partial charge in [0.05, 0.1) is 5.39 Å². The van der Waals surface area contributed by atoms with E-state index in [1.807, 2.05) is 42.5 Å². The van der Waals surface area contributed by atoms with Crippen molar-refractivity contribution < 1.29 is 8.42 Å². The van der Waals surface area contributed by atoms with Crippen LogP contribution in [0.1, 0.15) is 34.7 Å². The predicted octanol–water partition coefficient (Wildman–Crippen LogP) is 3.07. The Morgan fingerprint density at radius 3 is 2.45 bits per heavy atom. The molecule has 3 heterocycles. The fourth-order valence-electron chi connectivity index (χ4n) is 4.35. The molecule has 1 saturated heterocycles.